The van der Waals surface area contributed by atoms with E-state index in [9.17, 15) is 17.2 Å². The van der Waals surface area contributed by atoms with E-state index in [1.165, 1.54) is 18.4 Å². The first-order valence-electron chi connectivity index (χ1n) is 6.81. The average Bonchev–Trinajstić information content (AvgIpc) is 2.94. The fraction of sp³-hybridized carbons (Fsp3) is 0.615. The van der Waals surface area contributed by atoms with Crippen LogP contribution in [0.3, 0.4) is 0 Å². The molecule has 6 nitrogen and oxygen atoms in total. The zero-order valence-electron chi connectivity index (χ0n) is 13.2. The van der Waals surface area contributed by atoms with Crippen LogP contribution in [0, 0.1) is 0 Å². The van der Waals surface area contributed by atoms with Crippen molar-refractivity contribution in [1.82, 2.24) is 20.0 Å². The van der Waals surface area contributed by atoms with Gasteiger partial charge in [-0.25, -0.2) is 26.9 Å². The molecule has 0 atom stereocenters. The number of halogens is 2. The van der Waals surface area contributed by atoms with E-state index in [4.69, 9.17) is 0 Å². The number of rotatable bonds is 5. The van der Waals surface area contributed by atoms with Gasteiger partial charge in [0, 0.05) is 17.8 Å². The van der Waals surface area contributed by atoms with Crippen LogP contribution < -0.4 is 0 Å². The van der Waals surface area contributed by atoms with Crippen LogP contribution in [0.25, 0.3) is 0 Å². The summed E-state index contributed by atoms with van der Waals surface area (Å²) in [6.07, 6.45) is -2.83. The summed E-state index contributed by atoms with van der Waals surface area (Å²) in [5.41, 5.74) is -0.432. The summed E-state index contributed by atoms with van der Waals surface area (Å²) < 4.78 is 51.3. The highest BCUT2D eigenvalue weighted by molar-refractivity contribution is 7.89. The first-order valence-corrected chi connectivity index (χ1v) is 9.51. The van der Waals surface area contributed by atoms with Gasteiger partial charge >= 0.3 is 0 Å². The van der Waals surface area contributed by atoms with E-state index in [1.54, 1.807) is 5.38 Å². The van der Waals surface area contributed by atoms with E-state index < -0.39 is 27.7 Å². The molecule has 2 heterocycles. The van der Waals surface area contributed by atoms with Crippen LogP contribution in [0.5, 0.6) is 0 Å². The lowest BCUT2D eigenvalue weighted by Crippen LogP contribution is -2.13. The van der Waals surface area contributed by atoms with Crippen molar-refractivity contribution in [2.45, 2.75) is 44.1 Å². The Labute approximate surface area is 137 Å². The van der Waals surface area contributed by atoms with Gasteiger partial charge in [0.15, 0.2) is 9.84 Å². The molecule has 0 fully saturated rings. The Bertz CT molecular complexity index is 791. The summed E-state index contributed by atoms with van der Waals surface area (Å²) in [5, 5.41) is 9.53. The van der Waals surface area contributed by atoms with Crippen LogP contribution in [0.1, 0.15) is 49.3 Å². The predicted molar refractivity (Wildman–Crippen MR) is 83.1 cm³/mol. The normalized spacial score (nSPS) is 13.0. The fourth-order valence-corrected chi connectivity index (χ4v) is 4.32. The third-order valence-electron chi connectivity index (χ3n) is 3.07. The third-order valence-corrected chi connectivity index (χ3v) is 5.83. The summed E-state index contributed by atoms with van der Waals surface area (Å²) >= 11 is 1.39. The van der Waals surface area contributed by atoms with Crippen LogP contribution in [0.2, 0.25) is 0 Å². The summed E-state index contributed by atoms with van der Waals surface area (Å²) in [6, 6.07) is 0. The molecule has 128 valence electrons. The highest BCUT2D eigenvalue weighted by Gasteiger charge is 2.26. The van der Waals surface area contributed by atoms with Gasteiger partial charge in [0.25, 0.3) is 6.43 Å². The Balaban J connectivity index is 2.19. The maximum atomic E-state index is 13.0. The van der Waals surface area contributed by atoms with Crippen LogP contribution >= 0.6 is 11.3 Å². The van der Waals surface area contributed by atoms with Gasteiger partial charge in [0.2, 0.25) is 0 Å². The van der Waals surface area contributed by atoms with Gasteiger partial charge in [0.1, 0.15) is 11.4 Å². The third kappa shape index (κ3) is 4.31. The van der Waals surface area contributed by atoms with Crippen molar-refractivity contribution < 1.29 is 17.2 Å². The van der Waals surface area contributed by atoms with Gasteiger partial charge < -0.3 is 0 Å². The summed E-state index contributed by atoms with van der Waals surface area (Å²) in [5.74, 6) is -0.887. The fourth-order valence-electron chi connectivity index (χ4n) is 1.98. The van der Waals surface area contributed by atoms with E-state index in [2.05, 4.69) is 15.3 Å². The molecule has 0 saturated heterocycles. The van der Waals surface area contributed by atoms with Gasteiger partial charge in [-0.05, 0) is 0 Å². The second-order valence-electron chi connectivity index (χ2n) is 6.27. The first-order chi connectivity index (χ1) is 10.5. The van der Waals surface area contributed by atoms with E-state index in [0.29, 0.717) is 5.69 Å². The molecule has 0 aliphatic rings. The largest absolute Gasteiger partial charge is 0.281 e. The highest BCUT2D eigenvalue weighted by atomic mass is 32.2. The molecule has 0 bridgehead atoms. The van der Waals surface area contributed by atoms with Crippen molar-refractivity contribution >= 4 is 21.2 Å². The Hall–Kier alpha value is -1.42. The molecule has 0 amide bonds. The SMILES string of the molecule is Cn1nnc(CS(=O)(=O)Cc2csc(C(C)(C)C)n2)c1C(F)F. The Morgan fingerprint density at radius 1 is 1.30 bits per heavy atom. The Morgan fingerprint density at radius 3 is 2.48 bits per heavy atom. The molecule has 2 rings (SSSR count). The van der Waals surface area contributed by atoms with Gasteiger partial charge in [-0.15, -0.1) is 16.4 Å². The quantitative estimate of drug-likeness (QED) is 0.815. The van der Waals surface area contributed by atoms with Gasteiger partial charge in [-0.1, -0.05) is 26.0 Å². The van der Waals surface area contributed by atoms with E-state index in [1.807, 2.05) is 20.8 Å². The second-order valence-corrected chi connectivity index (χ2v) is 9.19. The van der Waals surface area contributed by atoms with Crippen molar-refractivity contribution in [3.63, 3.8) is 0 Å². The topological polar surface area (TPSA) is 77.7 Å². The van der Waals surface area contributed by atoms with E-state index in [-0.39, 0.29) is 16.9 Å². The van der Waals surface area contributed by atoms with Crippen molar-refractivity contribution in [3.8, 4) is 0 Å². The number of sulfone groups is 1. The molecule has 0 radical (unpaired) electrons. The van der Waals surface area contributed by atoms with Crippen LogP contribution in [-0.4, -0.2) is 28.4 Å². The van der Waals surface area contributed by atoms with Gasteiger partial charge in [-0.2, -0.15) is 0 Å². The average molecular weight is 364 g/mol. The van der Waals surface area contributed by atoms with Crippen molar-refractivity contribution in [3.05, 3.63) is 27.5 Å². The standard InChI is InChI=1S/C13H18F2N4O2S2/c1-13(2,3)12-16-8(5-22-12)6-23(20,21)7-9-10(11(14)15)19(4)18-17-9/h5,11H,6-7H2,1-4H3. The van der Waals surface area contributed by atoms with E-state index in [0.717, 1.165) is 9.69 Å². The van der Waals surface area contributed by atoms with Crippen LogP contribution in [-0.2, 0) is 33.8 Å². The molecule has 23 heavy (non-hydrogen) atoms. The number of aromatic nitrogens is 4. The zero-order valence-corrected chi connectivity index (χ0v) is 14.9. The monoisotopic (exact) mass is 364 g/mol. The molecule has 2 aromatic heterocycles. The molecule has 0 aliphatic carbocycles. The summed E-state index contributed by atoms with van der Waals surface area (Å²) in [7, 11) is -2.36. The minimum atomic E-state index is -3.67. The minimum absolute atomic E-state index is 0.166. The molecular weight excluding hydrogens is 346 g/mol. The van der Waals surface area contributed by atoms with Gasteiger partial charge in [-0.3, -0.25) is 0 Å². The van der Waals surface area contributed by atoms with Gasteiger partial charge in [0.05, 0.1) is 22.2 Å². The number of hydrogen-bond acceptors (Lipinski definition) is 6. The molecule has 10 heteroatoms. The van der Waals surface area contributed by atoms with Crippen LogP contribution in [0.15, 0.2) is 5.38 Å². The van der Waals surface area contributed by atoms with Crippen molar-refractivity contribution in [2.24, 2.45) is 7.05 Å². The number of nitrogens with zero attached hydrogens (tertiary/aromatic N) is 4. The minimum Gasteiger partial charge on any atom is -0.246 e. The lowest BCUT2D eigenvalue weighted by molar-refractivity contribution is 0.140. The highest BCUT2D eigenvalue weighted by Crippen LogP contribution is 2.27. The lowest BCUT2D eigenvalue weighted by atomic mass is 9.98. The number of thiazole rings is 1. The molecule has 0 N–H and O–H groups in total. The number of alkyl halides is 2. The molecule has 0 aliphatic heterocycles. The predicted octanol–water partition coefficient (Wildman–Crippen LogP) is 2.62. The lowest BCUT2D eigenvalue weighted by Gasteiger charge is -2.13. The maximum Gasteiger partial charge on any atom is 0.281 e. The first kappa shape index (κ1) is 17.9. The molecule has 0 saturated carbocycles. The number of aryl methyl sites for hydroxylation is 1. The Kier molecular flexibility index (Phi) is 4.86. The molecule has 0 spiro atoms. The summed E-state index contributed by atoms with van der Waals surface area (Å²) in [4.78, 5) is 4.32. The van der Waals surface area contributed by atoms with Crippen molar-refractivity contribution in [1.29, 1.82) is 0 Å². The number of hydrogen-bond donors (Lipinski definition) is 0. The maximum absolute atomic E-state index is 13.0. The zero-order chi connectivity index (χ0) is 17.4. The van der Waals surface area contributed by atoms with E-state index >= 15 is 0 Å². The summed E-state index contributed by atoms with van der Waals surface area (Å²) in [6.45, 7) is 5.95. The molecule has 0 aromatic carbocycles. The molecule has 2 aromatic rings. The van der Waals surface area contributed by atoms with Crippen LogP contribution in [0.4, 0.5) is 8.78 Å². The second kappa shape index (κ2) is 6.23. The van der Waals surface area contributed by atoms with Crippen molar-refractivity contribution in [2.75, 3.05) is 0 Å². The molecular formula is C13H18F2N4O2S2. The Morgan fingerprint density at radius 2 is 1.96 bits per heavy atom. The smallest absolute Gasteiger partial charge is 0.246 e. The molecule has 0 unspecified atom stereocenters.